The lowest BCUT2D eigenvalue weighted by Gasteiger charge is -2.26. The summed E-state index contributed by atoms with van der Waals surface area (Å²) in [6.45, 7) is 0.838. The van der Waals surface area contributed by atoms with Crippen molar-refractivity contribution in [1.82, 2.24) is 4.90 Å². The van der Waals surface area contributed by atoms with Crippen molar-refractivity contribution in [1.29, 1.82) is 0 Å². The van der Waals surface area contributed by atoms with Gasteiger partial charge in [-0.1, -0.05) is 6.07 Å². The van der Waals surface area contributed by atoms with Crippen LogP contribution in [0.1, 0.15) is 42.2 Å². The summed E-state index contributed by atoms with van der Waals surface area (Å²) < 4.78 is 0. The highest BCUT2D eigenvalue weighted by molar-refractivity contribution is 7.10. The number of aryl methyl sites for hydroxylation is 1. The predicted molar refractivity (Wildman–Crippen MR) is 91.3 cm³/mol. The Hall–Kier alpha value is -1.17. The van der Waals surface area contributed by atoms with Crippen LogP contribution in [0.2, 0.25) is 0 Å². The summed E-state index contributed by atoms with van der Waals surface area (Å²) >= 11 is 3.25. The molecule has 3 heterocycles. The van der Waals surface area contributed by atoms with Crippen LogP contribution in [-0.4, -0.2) is 28.5 Å². The van der Waals surface area contributed by atoms with Crippen LogP contribution in [0.15, 0.2) is 34.3 Å². The third-order valence-electron chi connectivity index (χ3n) is 4.27. The lowest BCUT2D eigenvalue weighted by molar-refractivity contribution is -0.132. The van der Waals surface area contributed by atoms with E-state index in [1.165, 1.54) is 5.56 Å². The molecule has 2 aromatic heterocycles. The SMILES string of the molecule is O=C(CCc1ccsc1)N1CCC[C@@H]1C[C@@H](O)c1cccs1. The van der Waals surface area contributed by atoms with Gasteiger partial charge in [-0.3, -0.25) is 4.79 Å². The topological polar surface area (TPSA) is 40.5 Å². The lowest BCUT2D eigenvalue weighted by Crippen LogP contribution is -2.36. The Kier molecular flexibility index (Phi) is 5.28. The molecule has 1 N–H and O–H groups in total. The maximum atomic E-state index is 12.5. The molecular weight excluding hydrogens is 314 g/mol. The molecule has 0 aliphatic carbocycles. The van der Waals surface area contributed by atoms with E-state index >= 15 is 0 Å². The fourth-order valence-electron chi connectivity index (χ4n) is 3.09. The normalized spacial score (nSPS) is 19.5. The van der Waals surface area contributed by atoms with Crippen molar-refractivity contribution in [2.24, 2.45) is 0 Å². The summed E-state index contributed by atoms with van der Waals surface area (Å²) in [5.41, 5.74) is 1.24. The molecule has 1 fully saturated rings. The smallest absolute Gasteiger partial charge is 0.223 e. The van der Waals surface area contributed by atoms with Crippen molar-refractivity contribution < 1.29 is 9.90 Å². The number of amides is 1. The van der Waals surface area contributed by atoms with Crippen LogP contribution in [0.4, 0.5) is 0 Å². The molecule has 0 radical (unpaired) electrons. The van der Waals surface area contributed by atoms with Gasteiger partial charge in [0.15, 0.2) is 0 Å². The summed E-state index contributed by atoms with van der Waals surface area (Å²) in [7, 11) is 0. The van der Waals surface area contributed by atoms with Crippen molar-refractivity contribution in [3.05, 3.63) is 44.8 Å². The highest BCUT2D eigenvalue weighted by atomic mass is 32.1. The zero-order chi connectivity index (χ0) is 15.4. The minimum Gasteiger partial charge on any atom is -0.387 e. The van der Waals surface area contributed by atoms with Crippen LogP contribution in [0.3, 0.4) is 0 Å². The van der Waals surface area contributed by atoms with Gasteiger partial charge in [-0.25, -0.2) is 0 Å². The van der Waals surface area contributed by atoms with Gasteiger partial charge in [-0.05, 0) is 59.5 Å². The molecule has 1 aliphatic heterocycles. The van der Waals surface area contributed by atoms with Crippen molar-refractivity contribution in [3.63, 3.8) is 0 Å². The molecule has 118 valence electrons. The average molecular weight is 335 g/mol. The number of hydrogen-bond donors (Lipinski definition) is 1. The lowest BCUT2D eigenvalue weighted by atomic mass is 10.1. The number of aliphatic hydroxyl groups is 1. The molecule has 1 saturated heterocycles. The largest absolute Gasteiger partial charge is 0.387 e. The van der Waals surface area contributed by atoms with Crippen LogP contribution >= 0.6 is 22.7 Å². The molecule has 1 amide bonds. The first-order chi connectivity index (χ1) is 10.7. The Balaban J connectivity index is 1.54. The van der Waals surface area contributed by atoms with Gasteiger partial charge < -0.3 is 10.0 Å². The minimum absolute atomic E-state index is 0.187. The van der Waals surface area contributed by atoms with Crippen molar-refractivity contribution in [2.75, 3.05) is 6.54 Å². The maximum absolute atomic E-state index is 12.5. The number of hydrogen-bond acceptors (Lipinski definition) is 4. The molecule has 0 bridgehead atoms. The molecule has 2 aromatic rings. The summed E-state index contributed by atoms with van der Waals surface area (Å²) in [5.74, 6) is 0.229. The molecule has 2 atom stereocenters. The molecular formula is C17H21NO2S2. The average Bonchev–Trinajstić information content (AvgIpc) is 3.25. The summed E-state index contributed by atoms with van der Waals surface area (Å²) in [6.07, 6.45) is 3.65. The number of aliphatic hydroxyl groups excluding tert-OH is 1. The van der Waals surface area contributed by atoms with Gasteiger partial charge in [0.05, 0.1) is 6.10 Å². The minimum atomic E-state index is -0.449. The second-order valence-electron chi connectivity index (χ2n) is 5.78. The Morgan fingerprint density at radius 2 is 2.32 bits per heavy atom. The van der Waals surface area contributed by atoms with Crippen LogP contribution in [-0.2, 0) is 11.2 Å². The molecule has 22 heavy (non-hydrogen) atoms. The summed E-state index contributed by atoms with van der Waals surface area (Å²) in [4.78, 5) is 15.5. The number of carbonyl (C=O) groups excluding carboxylic acids is 1. The standard InChI is InChI=1S/C17H21NO2S2/c19-15(16-4-2-9-22-16)11-14-3-1-8-18(14)17(20)6-5-13-7-10-21-12-13/h2,4,7,9-10,12,14-15,19H,1,3,5-6,8,11H2/t14-,15-/m1/s1. The van der Waals surface area contributed by atoms with E-state index in [0.717, 1.165) is 30.7 Å². The van der Waals surface area contributed by atoms with E-state index in [9.17, 15) is 9.90 Å². The number of likely N-dealkylation sites (tertiary alicyclic amines) is 1. The van der Waals surface area contributed by atoms with Crippen LogP contribution in [0, 0.1) is 0 Å². The maximum Gasteiger partial charge on any atom is 0.223 e. The van der Waals surface area contributed by atoms with Crippen molar-refractivity contribution >= 4 is 28.6 Å². The van der Waals surface area contributed by atoms with E-state index < -0.39 is 6.10 Å². The highest BCUT2D eigenvalue weighted by Crippen LogP contribution is 2.30. The fraction of sp³-hybridized carbons (Fsp3) is 0.471. The van der Waals surface area contributed by atoms with E-state index in [-0.39, 0.29) is 11.9 Å². The molecule has 0 saturated carbocycles. The van der Waals surface area contributed by atoms with Crippen LogP contribution in [0.25, 0.3) is 0 Å². The van der Waals surface area contributed by atoms with Crippen molar-refractivity contribution in [2.45, 2.75) is 44.2 Å². The van der Waals surface area contributed by atoms with Gasteiger partial charge in [0.2, 0.25) is 5.91 Å². The summed E-state index contributed by atoms with van der Waals surface area (Å²) in [6, 6.07) is 6.20. The predicted octanol–water partition coefficient (Wildman–Crippen LogP) is 3.86. The molecule has 0 spiro atoms. The zero-order valence-corrected chi connectivity index (χ0v) is 14.1. The quantitative estimate of drug-likeness (QED) is 0.871. The molecule has 1 aliphatic rings. The Morgan fingerprint density at radius 3 is 3.05 bits per heavy atom. The number of thiophene rings is 2. The molecule has 5 heteroatoms. The number of carbonyl (C=O) groups is 1. The Bertz CT molecular complexity index is 580. The summed E-state index contributed by atoms with van der Waals surface area (Å²) in [5, 5.41) is 16.5. The molecule has 0 unspecified atom stereocenters. The number of nitrogens with zero attached hydrogens (tertiary/aromatic N) is 1. The second-order valence-corrected chi connectivity index (χ2v) is 7.54. The highest BCUT2D eigenvalue weighted by Gasteiger charge is 2.30. The van der Waals surface area contributed by atoms with E-state index in [1.807, 2.05) is 22.4 Å². The van der Waals surface area contributed by atoms with Gasteiger partial charge >= 0.3 is 0 Å². The van der Waals surface area contributed by atoms with E-state index in [4.69, 9.17) is 0 Å². The third kappa shape index (κ3) is 3.77. The Labute approximate surface area is 139 Å². The van der Waals surface area contributed by atoms with Crippen LogP contribution < -0.4 is 0 Å². The van der Waals surface area contributed by atoms with E-state index in [1.54, 1.807) is 22.7 Å². The van der Waals surface area contributed by atoms with Gasteiger partial charge in [-0.2, -0.15) is 11.3 Å². The Morgan fingerprint density at radius 1 is 1.41 bits per heavy atom. The van der Waals surface area contributed by atoms with Gasteiger partial charge in [0, 0.05) is 23.9 Å². The monoisotopic (exact) mass is 335 g/mol. The number of rotatable bonds is 6. The van der Waals surface area contributed by atoms with Gasteiger partial charge in [0.25, 0.3) is 0 Å². The molecule has 0 aromatic carbocycles. The first-order valence-electron chi connectivity index (χ1n) is 7.76. The third-order valence-corrected chi connectivity index (χ3v) is 5.98. The van der Waals surface area contributed by atoms with E-state index in [0.29, 0.717) is 12.8 Å². The molecule has 3 rings (SSSR count). The fourth-order valence-corrected chi connectivity index (χ4v) is 4.52. The van der Waals surface area contributed by atoms with Gasteiger partial charge in [0.1, 0.15) is 0 Å². The zero-order valence-electron chi connectivity index (χ0n) is 12.5. The molecule has 3 nitrogen and oxygen atoms in total. The first-order valence-corrected chi connectivity index (χ1v) is 9.58. The second kappa shape index (κ2) is 7.40. The van der Waals surface area contributed by atoms with Crippen LogP contribution in [0.5, 0.6) is 0 Å². The van der Waals surface area contributed by atoms with E-state index in [2.05, 4.69) is 16.8 Å². The van der Waals surface area contributed by atoms with Gasteiger partial charge in [-0.15, -0.1) is 11.3 Å². The van der Waals surface area contributed by atoms with Crippen molar-refractivity contribution in [3.8, 4) is 0 Å². The first kappa shape index (κ1) is 15.7.